The number of amides is 1. The first kappa shape index (κ1) is 26.0. The van der Waals surface area contributed by atoms with Crippen molar-refractivity contribution in [2.75, 3.05) is 31.6 Å². The summed E-state index contributed by atoms with van der Waals surface area (Å²) in [5, 5.41) is 0. The molecule has 0 N–H and O–H groups in total. The van der Waals surface area contributed by atoms with Gasteiger partial charge in [0.15, 0.2) is 11.5 Å². The monoisotopic (exact) mass is 520 g/mol. The molecule has 1 unspecified atom stereocenters. The van der Waals surface area contributed by atoms with Crippen LogP contribution in [0.4, 0.5) is 14.5 Å². The predicted octanol–water partition coefficient (Wildman–Crippen LogP) is 5.80. The van der Waals surface area contributed by atoms with Gasteiger partial charge in [0.05, 0.1) is 25.7 Å². The van der Waals surface area contributed by atoms with Crippen molar-refractivity contribution in [1.29, 1.82) is 0 Å². The second kappa shape index (κ2) is 11.8. The van der Waals surface area contributed by atoms with Gasteiger partial charge in [0, 0.05) is 37.0 Å². The number of rotatable bonds is 8. The van der Waals surface area contributed by atoms with Gasteiger partial charge in [0.2, 0.25) is 5.91 Å². The molecule has 0 aromatic heterocycles. The molecule has 38 heavy (non-hydrogen) atoms. The topological polar surface area (TPSA) is 42.0 Å². The van der Waals surface area contributed by atoms with E-state index >= 15 is 0 Å². The van der Waals surface area contributed by atoms with Crippen LogP contribution in [0.2, 0.25) is 0 Å². The number of nitrogens with zero attached hydrogens (tertiary/aromatic N) is 2. The maximum atomic E-state index is 14.3. The molecule has 1 aliphatic heterocycles. The van der Waals surface area contributed by atoms with Crippen LogP contribution in [-0.2, 0) is 17.6 Å². The van der Waals surface area contributed by atoms with Crippen molar-refractivity contribution in [3.63, 3.8) is 0 Å². The smallest absolute Gasteiger partial charge is 0.227 e. The predicted molar refractivity (Wildman–Crippen MR) is 144 cm³/mol. The van der Waals surface area contributed by atoms with Crippen molar-refractivity contribution in [3.8, 4) is 11.5 Å². The van der Waals surface area contributed by atoms with E-state index < -0.39 is 11.6 Å². The average Bonchev–Trinajstić information content (AvgIpc) is 3.44. The lowest BCUT2D eigenvalue weighted by Gasteiger charge is -2.43. The first-order valence-electron chi connectivity index (χ1n) is 13.4. The van der Waals surface area contributed by atoms with E-state index in [1.807, 2.05) is 48.5 Å². The third-order valence-corrected chi connectivity index (χ3v) is 7.62. The minimum atomic E-state index is -0.690. The van der Waals surface area contributed by atoms with E-state index in [2.05, 4.69) is 4.90 Å². The standard InChI is InChI=1S/C31H34F2N2O3/c1-37-29-15-14-23(19-30(29)38-25-10-5-6-11-25)34-16-17-35(24(21-34)18-22-8-3-2-4-9-22)31(36)20-26-27(32)12-7-13-28(26)33/h2-4,7-9,12-15,19,24-25H,5-6,10-11,16-18,20-21H2,1H3. The van der Waals surface area contributed by atoms with E-state index in [0.717, 1.165) is 29.8 Å². The Morgan fingerprint density at radius 1 is 0.921 bits per heavy atom. The zero-order valence-corrected chi connectivity index (χ0v) is 21.7. The molecule has 200 valence electrons. The summed E-state index contributed by atoms with van der Waals surface area (Å²) < 4.78 is 40.5. The first-order valence-corrected chi connectivity index (χ1v) is 13.4. The van der Waals surface area contributed by atoms with Crippen LogP contribution in [0.25, 0.3) is 0 Å². The number of anilines is 1. The second-order valence-corrected chi connectivity index (χ2v) is 10.1. The Labute approximate surface area is 223 Å². The minimum absolute atomic E-state index is 0.158. The van der Waals surface area contributed by atoms with Crippen LogP contribution in [0.1, 0.15) is 36.8 Å². The normalized spacial score (nSPS) is 18.0. The summed E-state index contributed by atoms with van der Waals surface area (Å²) in [7, 11) is 1.65. The molecule has 3 aromatic carbocycles. The van der Waals surface area contributed by atoms with Gasteiger partial charge in [-0.3, -0.25) is 4.79 Å². The number of hydrogen-bond donors (Lipinski definition) is 0. The molecule has 0 bridgehead atoms. The maximum absolute atomic E-state index is 14.3. The van der Waals surface area contributed by atoms with Gasteiger partial charge in [-0.05, 0) is 61.9 Å². The summed E-state index contributed by atoms with van der Waals surface area (Å²) in [6.07, 6.45) is 5.02. The fourth-order valence-electron chi connectivity index (χ4n) is 5.57. The SMILES string of the molecule is COc1ccc(N2CCN(C(=O)Cc3c(F)cccc3F)C(Cc3ccccc3)C2)cc1OC1CCCC1. The molecule has 2 aliphatic rings. The van der Waals surface area contributed by atoms with Gasteiger partial charge < -0.3 is 19.3 Å². The Bertz CT molecular complexity index is 1230. The van der Waals surface area contributed by atoms with Crippen LogP contribution in [0.3, 0.4) is 0 Å². The van der Waals surface area contributed by atoms with E-state index in [1.54, 1.807) is 12.0 Å². The molecular formula is C31H34F2N2O3. The summed E-state index contributed by atoms with van der Waals surface area (Å²) >= 11 is 0. The van der Waals surface area contributed by atoms with E-state index in [-0.39, 0.29) is 30.0 Å². The zero-order chi connectivity index (χ0) is 26.5. The van der Waals surface area contributed by atoms with E-state index in [4.69, 9.17) is 9.47 Å². The third kappa shape index (κ3) is 5.93. The Morgan fingerprint density at radius 2 is 1.66 bits per heavy atom. The van der Waals surface area contributed by atoms with Crippen molar-refractivity contribution >= 4 is 11.6 Å². The molecule has 5 rings (SSSR count). The van der Waals surface area contributed by atoms with Crippen LogP contribution in [-0.4, -0.2) is 49.7 Å². The lowest BCUT2D eigenvalue weighted by molar-refractivity contribution is -0.133. The highest BCUT2D eigenvalue weighted by molar-refractivity contribution is 5.79. The lowest BCUT2D eigenvalue weighted by atomic mass is 10.00. The van der Waals surface area contributed by atoms with Crippen molar-refractivity contribution in [3.05, 3.63) is 89.5 Å². The number of hydrogen-bond acceptors (Lipinski definition) is 4. The first-order chi connectivity index (χ1) is 18.5. The fourth-order valence-corrected chi connectivity index (χ4v) is 5.57. The minimum Gasteiger partial charge on any atom is -0.493 e. The molecule has 0 radical (unpaired) electrons. The molecular weight excluding hydrogens is 486 g/mol. The van der Waals surface area contributed by atoms with Gasteiger partial charge in [0.25, 0.3) is 0 Å². The number of piperazine rings is 1. The molecule has 1 amide bonds. The highest BCUT2D eigenvalue weighted by Gasteiger charge is 2.32. The fraction of sp³-hybridized carbons (Fsp3) is 0.387. The largest absolute Gasteiger partial charge is 0.493 e. The molecule has 1 atom stereocenters. The van der Waals surface area contributed by atoms with Gasteiger partial charge in [-0.2, -0.15) is 0 Å². The van der Waals surface area contributed by atoms with Crippen LogP contribution in [0.15, 0.2) is 66.7 Å². The van der Waals surface area contributed by atoms with Crippen LogP contribution in [0, 0.1) is 11.6 Å². The molecule has 0 spiro atoms. The van der Waals surface area contributed by atoms with Crippen molar-refractivity contribution in [2.45, 2.75) is 50.7 Å². The number of carbonyl (C=O) groups excluding carboxylic acids is 1. The quantitative estimate of drug-likeness (QED) is 0.377. The molecule has 1 saturated heterocycles. The molecule has 1 aliphatic carbocycles. The van der Waals surface area contributed by atoms with Crippen LogP contribution >= 0.6 is 0 Å². The molecule has 2 fully saturated rings. The Balaban J connectivity index is 1.37. The van der Waals surface area contributed by atoms with E-state index in [9.17, 15) is 13.6 Å². The third-order valence-electron chi connectivity index (χ3n) is 7.62. The zero-order valence-electron chi connectivity index (χ0n) is 21.7. The molecule has 1 heterocycles. The average molecular weight is 521 g/mol. The van der Waals surface area contributed by atoms with Gasteiger partial charge >= 0.3 is 0 Å². The summed E-state index contributed by atoms with van der Waals surface area (Å²) in [6.45, 7) is 1.65. The molecule has 5 nitrogen and oxygen atoms in total. The number of ether oxygens (including phenoxy) is 2. The highest BCUT2D eigenvalue weighted by atomic mass is 19.1. The van der Waals surface area contributed by atoms with Crippen molar-refractivity contribution in [1.82, 2.24) is 4.90 Å². The summed E-state index contributed by atoms with van der Waals surface area (Å²) in [5.74, 6) is -0.198. The molecule has 1 saturated carbocycles. The van der Waals surface area contributed by atoms with Gasteiger partial charge in [-0.15, -0.1) is 0 Å². The summed E-state index contributed by atoms with van der Waals surface area (Å²) in [4.78, 5) is 17.4. The molecule has 3 aromatic rings. The Hall–Kier alpha value is -3.61. The number of methoxy groups -OCH3 is 1. The Morgan fingerprint density at radius 3 is 2.37 bits per heavy atom. The second-order valence-electron chi connectivity index (χ2n) is 10.1. The number of halogens is 2. The number of carbonyl (C=O) groups is 1. The number of benzene rings is 3. The van der Waals surface area contributed by atoms with Gasteiger partial charge in [-0.25, -0.2) is 8.78 Å². The van der Waals surface area contributed by atoms with Crippen molar-refractivity contribution < 1.29 is 23.0 Å². The van der Waals surface area contributed by atoms with Gasteiger partial charge in [-0.1, -0.05) is 36.4 Å². The highest BCUT2D eigenvalue weighted by Crippen LogP contribution is 2.36. The van der Waals surface area contributed by atoms with Gasteiger partial charge in [0.1, 0.15) is 11.6 Å². The van der Waals surface area contributed by atoms with Crippen LogP contribution < -0.4 is 14.4 Å². The lowest BCUT2D eigenvalue weighted by Crippen LogP contribution is -2.56. The summed E-state index contributed by atoms with van der Waals surface area (Å²) in [5.41, 5.74) is 1.93. The Kier molecular flexibility index (Phi) is 8.11. The van der Waals surface area contributed by atoms with Crippen molar-refractivity contribution in [2.24, 2.45) is 0 Å². The van der Waals surface area contributed by atoms with E-state index in [0.29, 0.717) is 31.8 Å². The maximum Gasteiger partial charge on any atom is 0.227 e. The van der Waals surface area contributed by atoms with Crippen LogP contribution in [0.5, 0.6) is 11.5 Å². The summed E-state index contributed by atoms with van der Waals surface area (Å²) in [6, 6.07) is 19.5. The van der Waals surface area contributed by atoms with E-state index in [1.165, 1.54) is 31.0 Å². The molecule has 7 heteroatoms.